The lowest BCUT2D eigenvalue weighted by Gasteiger charge is -2.16. The maximum absolute atomic E-state index is 5.60. The van der Waals surface area contributed by atoms with E-state index < -0.39 is 0 Å². The van der Waals surface area contributed by atoms with Crippen LogP contribution in [-0.2, 0) is 17.9 Å². The van der Waals surface area contributed by atoms with E-state index in [1.165, 1.54) is 19.3 Å². The van der Waals surface area contributed by atoms with Crippen LogP contribution in [0.2, 0.25) is 0 Å². The summed E-state index contributed by atoms with van der Waals surface area (Å²) in [7, 11) is 1.67. The minimum Gasteiger partial charge on any atom is -0.462 e. The lowest BCUT2D eigenvalue weighted by Crippen LogP contribution is -2.27. The van der Waals surface area contributed by atoms with Crippen LogP contribution >= 0.6 is 0 Å². The number of allylic oxidation sites excluding steroid dienone is 1. The second-order valence-electron chi connectivity index (χ2n) is 4.15. The van der Waals surface area contributed by atoms with Crippen molar-refractivity contribution < 1.29 is 9.15 Å². The fourth-order valence-corrected chi connectivity index (χ4v) is 1.95. The van der Waals surface area contributed by atoms with Crippen LogP contribution < -0.4 is 5.32 Å². The summed E-state index contributed by atoms with van der Waals surface area (Å²) in [6.45, 7) is 1.34. The van der Waals surface area contributed by atoms with Crippen molar-refractivity contribution in [2.45, 2.75) is 38.5 Å². The fraction of sp³-hybridized carbons (Fsp3) is 0.538. The maximum atomic E-state index is 5.60. The molecule has 1 unspecified atom stereocenters. The molecule has 0 bridgehead atoms. The average Bonchev–Trinajstić information content (AvgIpc) is 2.76. The number of hydrogen-bond acceptors (Lipinski definition) is 3. The Bertz CT molecular complexity index is 343. The molecule has 88 valence electrons. The normalized spacial score (nSPS) is 20.2. The zero-order valence-corrected chi connectivity index (χ0v) is 9.74. The molecule has 0 spiro atoms. The molecule has 1 aromatic heterocycles. The zero-order chi connectivity index (χ0) is 11.2. The topological polar surface area (TPSA) is 34.4 Å². The van der Waals surface area contributed by atoms with E-state index in [0.717, 1.165) is 18.1 Å². The standard InChI is InChI=1S/C13H19NO2/c1-15-10-13-8-7-12(16-13)9-14-11-5-3-2-4-6-11/h3,5,7-8,11,14H,2,4,6,9-10H2,1H3. The lowest BCUT2D eigenvalue weighted by atomic mass is 10.0. The van der Waals surface area contributed by atoms with Crippen LogP contribution in [0, 0.1) is 0 Å². The lowest BCUT2D eigenvalue weighted by molar-refractivity contribution is 0.162. The van der Waals surface area contributed by atoms with Crippen LogP contribution in [0.15, 0.2) is 28.7 Å². The quantitative estimate of drug-likeness (QED) is 0.776. The smallest absolute Gasteiger partial charge is 0.129 e. The Morgan fingerprint density at radius 1 is 1.44 bits per heavy atom. The van der Waals surface area contributed by atoms with Crippen molar-refractivity contribution in [1.82, 2.24) is 5.32 Å². The van der Waals surface area contributed by atoms with Gasteiger partial charge in [0.05, 0.1) is 6.54 Å². The van der Waals surface area contributed by atoms with Gasteiger partial charge in [0.2, 0.25) is 0 Å². The Kier molecular flexibility index (Phi) is 4.19. The molecule has 0 radical (unpaired) electrons. The van der Waals surface area contributed by atoms with Gasteiger partial charge in [-0.2, -0.15) is 0 Å². The molecule has 16 heavy (non-hydrogen) atoms. The summed E-state index contributed by atoms with van der Waals surface area (Å²) < 4.78 is 10.6. The Morgan fingerprint density at radius 2 is 2.31 bits per heavy atom. The predicted molar refractivity (Wildman–Crippen MR) is 63.0 cm³/mol. The van der Waals surface area contributed by atoms with Crippen LogP contribution in [-0.4, -0.2) is 13.2 Å². The molecule has 1 atom stereocenters. The fourth-order valence-electron chi connectivity index (χ4n) is 1.95. The van der Waals surface area contributed by atoms with E-state index in [1.807, 2.05) is 12.1 Å². The van der Waals surface area contributed by atoms with Crippen molar-refractivity contribution in [3.63, 3.8) is 0 Å². The van der Waals surface area contributed by atoms with Gasteiger partial charge < -0.3 is 14.5 Å². The Morgan fingerprint density at radius 3 is 3.06 bits per heavy atom. The molecule has 1 aliphatic carbocycles. The average molecular weight is 221 g/mol. The minimum atomic E-state index is 0.504. The van der Waals surface area contributed by atoms with Gasteiger partial charge in [-0.3, -0.25) is 0 Å². The molecule has 3 nitrogen and oxygen atoms in total. The summed E-state index contributed by atoms with van der Waals surface area (Å²) in [5, 5.41) is 3.47. The molecule has 0 saturated heterocycles. The number of ether oxygens (including phenoxy) is 1. The molecule has 2 rings (SSSR count). The summed E-state index contributed by atoms with van der Waals surface area (Å²) >= 11 is 0. The van der Waals surface area contributed by atoms with Gasteiger partial charge in [-0.05, 0) is 31.4 Å². The van der Waals surface area contributed by atoms with Crippen molar-refractivity contribution in [2.75, 3.05) is 7.11 Å². The SMILES string of the molecule is COCc1ccc(CNC2C=CCCC2)o1. The summed E-state index contributed by atoms with van der Waals surface area (Å²) in [6.07, 6.45) is 8.22. The third-order valence-corrected chi connectivity index (χ3v) is 2.80. The Labute approximate surface area is 96.5 Å². The highest BCUT2D eigenvalue weighted by atomic mass is 16.5. The minimum absolute atomic E-state index is 0.504. The van der Waals surface area contributed by atoms with Crippen molar-refractivity contribution >= 4 is 0 Å². The maximum Gasteiger partial charge on any atom is 0.129 e. The first-order valence-corrected chi connectivity index (χ1v) is 5.85. The second kappa shape index (κ2) is 5.87. The van der Waals surface area contributed by atoms with Gasteiger partial charge in [-0.15, -0.1) is 0 Å². The highest BCUT2D eigenvalue weighted by Gasteiger charge is 2.08. The van der Waals surface area contributed by atoms with Crippen molar-refractivity contribution in [1.29, 1.82) is 0 Å². The van der Waals surface area contributed by atoms with E-state index in [0.29, 0.717) is 12.6 Å². The van der Waals surface area contributed by atoms with Crippen LogP contribution in [0.25, 0.3) is 0 Å². The number of hydrogen-bond donors (Lipinski definition) is 1. The van der Waals surface area contributed by atoms with Crippen LogP contribution in [0.1, 0.15) is 30.8 Å². The highest BCUT2D eigenvalue weighted by Crippen LogP contribution is 2.12. The van der Waals surface area contributed by atoms with E-state index in [4.69, 9.17) is 9.15 Å². The van der Waals surface area contributed by atoms with Gasteiger partial charge >= 0.3 is 0 Å². The Hall–Kier alpha value is -1.06. The molecule has 0 aliphatic heterocycles. The molecule has 1 aromatic rings. The number of methoxy groups -OCH3 is 1. The molecule has 3 heteroatoms. The zero-order valence-electron chi connectivity index (χ0n) is 9.74. The van der Waals surface area contributed by atoms with Gasteiger partial charge in [-0.1, -0.05) is 12.2 Å². The van der Waals surface area contributed by atoms with Gasteiger partial charge in [0, 0.05) is 13.2 Å². The van der Waals surface area contributed by atoms with E-state index in [9.17, 15) is 0 Å². The van der Waals surface area contributed by atoms with Crippen LogP contribution in [0.3, 0.4) is 0 Å². The van der Waals surface area contributed by atoms with E-state index in [1.54, 1.807) is 7.11 Å². The van der Waals surface area contributed by atoms with Crippen molar-refractivity contribution in [3.8, 4) is 0 Å². The highest BCUT2D eigenvalue weighted by molar-refractivity contribution is 5.07. The van der Waals surface area contributed by atoms with E-state index in [2.05, 4.69) is 17.5 Å². The molecule has 1 N–H and O–H groups in total. The molecule has 1 heterocycles. The first-order valence-electron chi connectivity index (χ1n) is 5.85. The third kappa shape index (κ3) is 3.22. The van der Waals surface area contributed by atoms with Gasteiger partial charge in [0.25, 0.3) is 0 Å². The second-order valence-corrected chi connectivity index (χ2v) is 4.15. The first-order chi connectivity index (χ1) is 7.88. The van der Waals surface area contributed by atoms with Gasteiger partial charge in [0.1, 0.15) is 18.1 Å². The largest absolute Gasteiger partial charge is 0.462 e. The third-order valence-electron chi connectivity index (χ3n) is 2.80. The Balaban J connectivity index is 1.79. The monoisotopic (exact) mass is 221 g/mol. The molecule has 0 saturated carbocycles. The van der Waals surface area contributed by atoms with Gasteiger partial charge in [-0.25, -0.2) is 0 Å². The summed E-state index contributed by atoms with van der Waals surface area (Å²) in [6, 6.07) is 4.48. The molecule has 0 fully saturated rings. The summed E-state index contributed by atoms with van der Waals surface area (Å²) in [5.74, 6) is 1.87. The van der Waals surface area contributed by atoms with E-state index in [-0.39, 0.29) is 0 Å². The number of furan rings is 1. The van der Waals surface area contributed by atoms with Crippen LogP contribution in [0.5, 0.6) is 0 Å². The number of nitrogens with one attached hydrogen (secondary N) is 1. The van der Waals surface area contributed by atoms with Gasteiger partial charge in [0.15, 0.2) is 0 Å². The summed E-state index contributed by atoms with van der Waals surface area (Å²) in [4.78, 5) is 0. The first kappa shape index (κ1) is 11.4. The van der Waals surface area contributed by atoms with E-state index >= 15 is 0 Å². The summed E-state index contributed by atoms with van der Waals surface area (Å²) in [5.41, 5.74) is 0. The molecule has 0 amide bonds. The number of rotatable bonds is 5. The molecule has 1 aliphatic rings. The predicted octanol–water partition coefficient (Wildman–Crippen LogP) is 2.62. The molecular weight excluding hydrogens is 202 g/mol. The molecule has 0 aromatic carbocycles. The van der Waals surface area contributed by atoms with Crippen molar-refractivity contribution in [2.24, 2.45) is 0 Å². The van der Waals surface area contributed by atoms with Crippen LogP contribution in [0.4, 0.5) is 0 Å². The molecular formula is C13H19NO2. The van der Waals surface area contributed by atoms with Crippen molar-refractivity contribution in [3.05, 3.63) is 35.8 Å².